The fourth-order valence-corrected chi connectivity index (χ4v) is 2.32. The molecule has 21 heavy (non-hydrogen) atoms. The molecule has 0 spiro atoms. The summed E-state index contributed by atoms with van der Waals surface area (Å²) in [5.74, 6) is 0. The Morgan fingerprint density at radius 2 is 1.67 bits per heavy atom. The van der Waals surface area contributed by atoms with Crippen molar-refractivity contribution in [2.24, 2.45) is 0 Å². The van der Waals surface area contributed by atoms with Crippen molar-refractivity contribution in [2.75, 3.05) is 24.1 Å². The lowest BCUT2D eigenvalue weighted by Crippen LogP contribution is -2.22. The molecule has 0 saturated carbocycles. The molecule has 0 aliphatic carbocycles. The normalized spacial score (nSPS) is 10.8. The van der Waals surface area contributed by atoms with Crippen LogP contribution in [0.4, 0.5) is 11.4 Å². The Balaban J connectivity index is 1.95. The topological polar surface area (TPSA) is 41.3 Å². The molecule has 0 radical (unpaired) electrons. The third-order valence-electron chi connectivity index (χ3n) is 3.70. The third kappa shape index (κ3) is 4.80. The second kappa shape index (κ2) is 7.70. The van der Waals surface area contributed by atoms with Crippen molar-refractivity contribution in [2.45, 2.75) is 26.9 Å². The molecule has 0 unspecified atom stereocenters. The molecule has 0 aliphatic rings. The number of nitrogens with zero attached hydrogens (tertiary/aromatic N) is 1. The van der Waals surface area contributed by atoms with E-state index in [1.165, 1.54) is 11.1 Å². The predicted octanol–water partition coefficient (Wildman–Crippen LogP) is 3.72. The molecule has 2 aromatic carbocycles. The molecule has 3 N–H and O–H groups in total. The van der Waals surface area contributed by atoms with Crippen molar-refractivity contribution in [1.82, 2.24) is 4.90 Å². The van der Waals surface area contributed by atoms with Crippen LogP contribution in [-0.2, 0) is 13.1 Å². The average Bonchev–Trinajstić information content (AvgIpc) is 2.52. The van der Waals surface area contributed by atoms with Crippen molar-refractivity contribution >= 4 is 11.4 Å². The summed E-state index contributed by atoms with van der Waals surface area (Å²) in [7, 11) is 0. The number of anilines is 2. The van der Waals surface area contributed by atoms with Crippen LogP contribution >= 0.6 is 0 Å². The van der Waals surface area contributed by atoms with Gasteiger partial charge in [-0.1, -0.05) is 38.1 Å². The van der Waals surface area contributed by atoms with Crippen LogP contribution in [0.3, 0.4) is 0 Å². The molecular formula is C18H25N3. The zero-order valence-corrected chi connectivity index (χ0v) is 13.0. The summed E-state index contributed by atoms with van der Waals surface area (Å²) in [6, 6.07) is 16.6. The van der Waals surface area contributed by atoms with E-state index in [2.05, 4.69) is 60.5 Å². The van der Waals surface area contributed by atoms with E-state index in [9.17, 15) is 0 Å². The molecule has 0 atom stereocenters. The van der Waals surface area contributed by atoms with Crippen LogP contribution in [0.5, 0.6) is 0 Å². The zero-order valence-electron chi connectivity index (χ0n) is 13.0. The van der Waals surface area contributed by atoms with Gasteiger partial charge in [0.2, 0.25) is 0 Å². The SMILES string of the molecule is CCN(CC)Cc1cccc(NCc2ccc(N)cc2)c1. The first kappa shape index (κ1) is 15.4. The van der Waals surface area contributed by atoms with Gasteiger partial charge in [-0.05, 0) is 48.5 Å². The van der Waals surface area contributed by atoms with Crippen LogP contribution in [0.15, 0.2) is 48.5 Å². The van der Waals surface area contributed by atoms with Crippen molar-refractivity contribution < 1.29 is 0 Å². The highest BCUT2D eigenvalue weighted by molar-refractivity contribution is 5.47. The summed E-state index contributed by atoms with van der Waals surface area (Å²) < 4.78 is 0. The number of hydrogen-bond acceptors (Lipinski definition) is 3. The summed E-state index contributed by atoms with van der Waals surface area (Å²) in [6.07, 6.45) is 0. The van der Waals surface area contributed by atoms with E-state index < -0.39 is 0 Å². The molecule has 3 nitrogen and oxygen atoms in total. The molecule has 112 valence electrons. The number of nitrogen functional groups attached to an aromatic ring is 1. The predicted molar refractivity (Wildman–Crippen MR) is 91.2 cm³/mol. The first-order chi connectivity index (χ1) is 10.2. The van der Waals surface area contributed by atoms with Crippen LogP contribution < -0.4 is 11.1 Å². The maximum atomic E-state index is 5.70. The second-order valence-electron chi connectivity index (χ2n) is 5.26. The van der Waals surface area contributed by atoms with E-state index in [0.29, 0.717) is 0 Å². The zero-order chi connectivity index (χ0) is 15.1. The van der Waals surface area contributed by atoms with Crippen LogP contribution in [0.25, 0.3) is 0 Å². The van der Waals surface area contributed by atoms with E-state index in [-0.39, 0.29) is 0 Å². The monoisotopic (exact) mass is 283 g/mol. The van der Waals surface area contributed by atoms with Gasteiger partial charge in [-0.25, -0.2) is 0 Å². The Morgan fingerprint density at radius 1 is 0.952 bits per heavy atom. The summed E-state index contributed by atoms with van der Waals surface area (Å²) in [5, 5.41) is 3.47. The lowest BCUT2D eigenvalue weighted by Gasteiger charge is -2.18. The van der Waals surface area contributed by atoms with E-state index in [0.717, 1.165) is 37.6 Å². The molecular weight excluding hydrogens is 258 g/mol. The van der Waals surface area contributed by atoms with Gasteiger partial charge in [0.25, 0.3) is 0 Å². The Hall–Kier alpha value is -2.00. The second-order valence-corrected chi connectivity index (χ2v) is 5.26. The number of rotatable bonds is 7. The molecule has 0 fully saturated rings. The number of hydrogen-bond donors (Lipinski definition) is 2. The Labute approximate surface area is 127 Å². The Bertz CT molecular complexity index is 545. The fraction of sp³-hybridized carbons (Fsp3) is 0.333. The molecule has 0 amide bonds. The first-order valence-corrected chi connectivity index (χ1v) is 7.60. The molecule has 0 aliphatic heterocycles. The maximum absolute atomic E-state index is 5.70. The highest BCUT2D eigenvalue weighted by Gasteiger charge is 2.02. The highest BCUT2D eigenvalue weighted by atomic mass is 15.1. The van der Waals surface area contributed by atoms with Gasteiger partial charge in [0, 0.05) is 24.5 Å². The number of nitrogens with two attached hydrogens (primary N) is 1. The van der Waals surface area contributed by atoms with E-state index in [4.69, 9.17) is 5.73 Å². The lowest BCUT2D eigenvalue weighted by molar-refractivity contribution is 0.296. The smallest absolute Gasteiger partial charge is 0.0400 e. The van der Waals surface area contributed by atoms with Gasteiger partial charge in [0.1, 0.15) is 0 Å². The summed E-state index contributed by atoms with van der Waals surface area (Å²) in [5.41, 5.74) is 10.3. The summed E-state index contributed by atoms with van der Waals surface area (Å²) in [6.45, 7) is 8.39. The lowest BCUT2D eigenvalue weighted by atomic mass is 10.1. The minimum absolute atomic E-state index is 0.806. The number of nitrogens with one attached hydrogen (secondary N) is 1. The average molecular weight is 283 g/mol. The Kier molecular flexibility index (Phi) is 5.64. The fourth-order valence-electron chi connectivity index (χ4n) is 2.32. The van der Waals surface area contributed by atoms with Gasteiger partial charge < -0.3 is 11.1 Å². The Morgan fingerprint density at radius 3 is 2.33 bits per heavy atom. The standard InChI is InChI=1S/C18H25N3/c1-3-21(4-2)14-16-6-5-7-18(12-16)20-13-15-8-10-17(19)11-9-15/h5-12,20H,3-4,13-14,19H2,1-2H3. The van der Waals surface area contributed by atoms with E-state index in [1.54, 1.807) is 0 Å². The quantitative estimate of drug-likeness (QED) is 0.761. The highest BCUT2D eigenvalue weighted by Crippen LogP contribution is 2.14. The first-order valence-electron chi connectivity index (χ1n) is 7.60. The minimum Gasteiger partial charge on any atom is -0.399 e. The van der Waals surface area contributed by atoms with Crippen molar-refractivity contribution in [1.29, 1.82) is 0 Å². The van der Waals surface area contributed by atoms with Crippen LogP contribution in [0, 0.1) is 0 Å². The molecule has 2 aromatic rings. The van der Waals surface area contributed by atoms with Gasteiger partial charge in [0.05, 0.1) is 0 Å². The molecule has 2 rings (SSSR count). The molecule has 0 aromatic heterocycles. The minimum atomic E-state index is 0.806. The van der Waals surface area contributed by atoms with Crippen molar-refractivity contribution in [3.8, 4) is 0 Å². The van der Waals surface area contributed by atoms with E-state index >= 15 is 0 Å². The molecule has 3 heteroatoms. The maximum Gasteiger partial charge on any atom is 0.0400 e. The van der Waals surface area contributed by atoms with Crippen molar-refractivity contribution in [3.63, 3.8) is 0 Å². The van der Waals surface area contributed by atoms with Gasteiger partial charge >= 0.3 is 0 Å². The molecule has 0 bridgehead atoms. The molecule has 0 heterocycles. The summed E-state index contributed by atoms with van der Waals surface area (Å²) >= 11 is 0. The van der Waals surface area contributed by atoms with Gasteiger partial charge in [-0.15, -0.1) is 0 Å². The number of benzene rings is 2. The van der Waals surface area contributed by atoms with Crippen LogP contribution in [0.2, 0.25) is 0 Å². The van der Waals surface area contributed by atoms with Gasteiger partial charge in [-0.3, -0.25) is 4.90 Å². The van der Waals surface area contributed by atoms with Gasteiger partial charge in [-0.2, -0.15) is 0 Å². The van der Waals surface area contributed by atoms with Gasteiger partial charge in [0.15, 0.2) is 0 Å². The van der Waals surface area contributed by atoms with E-state index in [1.807, 2.05) is 12.1 Å². The van der Waals surface area contributed by atoms with Crippen molar-refractivity contribution in [3.05, 3.63) is 59.7 Å². The molecule has 0 saturated heterocycles. The van der Waals surface area contributed by atoms with Crippen LogP contribution in [-0.4, -0.2) is 18.0 Å². The summed E-state index contributed by atoms with van der Waals surface area (Å²) in [4.78, 5) is 2.42. The third-order valence-corrected chi connectivity index (χ3v) is 3.70. The largest absolute Gasteiger partial charge is 0.399 e. The van der Waals surface area contributed by atoms with Crippen LogP contribution in [0.1, 0.15) is 25.0 Å².